The molecular formula is C15H17N3O2. The lowest BCUT2D eigenvalue weighted by molar-refractivity contribution is 0.189. The summed E-state index contributed by atoms with van der Waals surface area (Å²) in [5.74, 6) is 1.59. The maximum absolute atomic E-state index is 9.56. The summed E-state index contributed by atoms with van der Waals surface area (Å²) in [6.45, 7) is 3.26. The van der Waals surface area contributed by atoms with Crippen LogP contribution >= 0.6 is 0 Å². The van der Waals surface area contributed by atoms with Crippen molar-refractivity contribution in [3.63, 3.8) is 0 Å². The van der Waals surface area contributed by atoms with Crippen LogP contribution in [0.1, 0.15) is 30.0 Å². The number of aromatic hydroxyl groups is 1. The summed E-state index contributed by atoms with van der Waals surface area (Å²) in [5.41, 5.74) is 2.39. The summed E-state index contributed by atoms with van der Waals surface area (Å²) in [5, 5.41) is 19.1. The first-order valence-corrected chi connectivity index (χ1v) is 6.70. The quantitative estimate of drug-likeness (QED) is 0.871. The van der Waals surface area contributed by atoms with Crippen molar-refractivity contribution in [3.05, 3.63) is 47.4 Å². The van der Waals surface area contributed by atoms with Gasteiger partial charge in [0.2, 0.25) is 0 Å². The lowest BCUT2D eigenvalue weighted by atomic mass is 9.99. The van der Waals surface area contributed by atoms with Gasteiger partial charge in [-0.15, -0.1) is 0 Å². The summed E-state index contributed by atoms with van der Waals surface area (Å²) >= 11 is 0. The molecule has 104 valence electrons. The fraction of sp³-hybridized carbons (Fsp3) is 0.333. The minimum absolute atomic E-state index is 0.315. The number of aliphatic hydroxyl groups excluding tert-OH is 1. The largest absolute Gasteiger partial charge is 0.508 e. The Bertz CT molecular complexity index is 628. The third kappa shape index (κ3) is 2.44. The Morgan fingerprint density at radius 1 is 1.25 bits per heavy atom. The molecule has 1 aromatic carbocycles. The third-order valence-corrected chi connectivity index (χ3v) is 3.56. The standard InChI is InChI=1S/C15H17N3O2/c1-10(19)15-16-6-4-14(17-15)18-7-5-11-8-13(20)3-2-12(11)9-18/h2-4,6,8,10,19-20H,5,7,9H2,1H3. The molecule has 0 amide bonds. The van der Waals surface area contributed by atoms with Crippen LogP contribution in [0.3, 0.4) is 0 Å². The number of phenolic OH excluding ortho intramolecular Hbond substituents is 1. The zero-order chi connectivity index (χ0) is 14.1. The number of benzene rings is 1. The Morgan fingerprint density at radius 3 is 2.90 bits per heavy atom. The summed E-state index contributed by atoms with van der Waals surface area (Å²) < 4.78 is 0. The van der Waals surface area contributed by atoms with Gasteiger partial charge >= 0.3 is 0 Å². The molecule has 1 unspecified atom stereocenters. The van der Waals surface area contributed by atoms with Gasteiger partial charge in [0.25, 0.3) is 0 Å². The minimum Gasteiger partial charge on any atom is -0.508 e. The smallest absolute Gasteiger partial charge is 0.158 e. The summed E-state index contributed by atoms with van der Waals surface area (Å²) in [7, 11) is 0. The fourth-order valence-corrected chi connectivity index (χ4v) is 2.48. The molecule has 3 rings (SSSR count). The van der Waals surface area contributed by atoms with Gasteiger partial charge in [-0.05, 0) is 42.7 Å². The van der Waals surface area contributed by atoms with Crippen LogP contribution in [0, 0.1) is 0 Å². The number of hydrogen-bond donors (Lipinski definition) is 2. The van der Waals surface area contributed by atoms with Crippen molar-refractivity contribution in [2.75, 3.05) is 11.4 Å². The Hall–Kier alpha value is -2.14. The number of rotatable bonds is 2. The molecule has 1 aliphatic heterocycles. The minimum atomic E-state index is -0.663. The van der Waals surface area contributed by atoms with Crippen molar-refractivity contribution in [1.82, 2.24) is 9.97 Å². The van der Waals surface area contributed by atoms with Crippen LogP contribution in [0.5, 0.6) is 5.75 Å². The van der Waals surface area contributed by atoms with Crippen LogP contribution in [0.4, 0.5) is 5.82 Å². The van der Waals surface area contributed by atoms with Gasteiger partial charge in [0, 0.05) is 19.3 Å². The van der Waals surface area contributed by atoms with E-state index in [9.17, 15) is 10.2 Å². The molecule has 5 heteroatoms. The van der Waals surface area contributed by atoms with Crippen LogP contribution in [0.25, 0.3) is 0 Å². The molecule has 0 saturated carbocycles. The van der Waals surface area contributed by atoms with E-state index in [4.69, 9.17) is 0 Å². The Balaban J connectivity index is 1.86. The topological polar surface area (TPSA) is 69.5 Å². The summed E-state index contributed by atoms with van der Waals surface area (Å²) in [6, 6.07) is 7.35. The van der Waals surface area contributed by atoms with Crippen molar-refractivity contribution in [1.29, 1.82) is 0 Å². The highest BCUT2D eigenvalue weighted by Gasteiger charge is 2.18. The molecule has 0 radical (unpaired) electrons. The first kappa shape index (κ1) is 12.9. The zero-order valence-corrected chi connectivity index (χ0v) is 11.3. The van der Waals surface area contributed by atoms with E-state index in [1.807, 2.05) is 18.2 Å². The molecule has 1 aliphatic rings. The van der Waals surface area contributed by atoms with Crippen molar-refractivity contribution < 1.29 is 10.2 Å². The van der Waals surface area contributed by atoms with E-state index in [0.717, 1.165) is 25.3 Å². The number of fused-ring (bicyclic) bond motifs is 1. The Labute approximate surface area is 117 Å². The van der Waals surface area contributed by atoms with Gasteiger partial charge in [-0.3, -0.25) is 0 Å². The molecule has 2 N–H and O–H groups in total. The van der Waals surface area contributed by atoms with Crippen LogP contribution in [-0.4, -0.2) is 26.7 Å². The molecule has 1 aromatic heterocycles. The highest BCUT2D eigenvalue weighted by molar-refractivity contribution is 5.45. The van der Waals surface area contributed by atoms with Gasteiger partial charge in [0.15, 0.2) is 5.82 Å². The maximum Gasteiger partial charge on any atom is 0.158 e. The van der Waals surface area contributed by atoms with Crippen molar-refractivity contribution in [2.24, 2.45) is 0 Å². The zero-order valence-electron chi connectivity index (χ0n) is 11.3. The molecule has 2 heterocycles. The molecule has 0 aliphatic carbocycles. The molecule has 0 bridgehead atoms. The molecule has 1 atom stereocenters. The predicted octanol–water partition coefficient (Wildman–Crippen LogP) is 1.80. The second-order valence-electron chi connectivity index (χ2n) is 5.07. The molecule has 20 heavy (non-hydrogen) atoms. The highest BCUT2D eigenvalue weighted by atomic mass is 16.3. The molecular weight excluding hydrogens is 254 g/mol. The van der Waals surface area contributed by atoms with Crippen molar-refractivity contribution in [2.45, 2.75) is 26.0 Å². The summed E-state index contributed by atoms with van der Waals surface area (Å²) in [4.78, 5) is 10.6. The highest BCUT2D eigenvalue weighted by Crippen LogP contribution is 2.26. The Morgan fingerprint density at radius 2 is 2.10 bits per heavy atom. The first-order chi connectivity index (χ1) is 9.63. The predicted molar refractivity (Wildman–Crippen MR) is 75.5 cm³/mol. The van der Waals surface area contributed by atoms with Crippen LogP contribution < -0.4 is 4.90 Å². The van der Waals surface area contributed by atoms with Crippen LogP contribution in [0.15, 0.2) is 30.5 Å². The third-order valence-electron chi connectivity index (χ3n) is 3.56. The number of aromatic nitrogens is 2. The van der Waals surface area contributed by atoms with E-state index in [0.29, 0.717) is 11.6 Å². The Kier molecular flexibility index (Phi) is 3.28. The van der Waals surface area contributed by atoms with Gasteiger partial charge in [-0.1, -0.05) is 6.07 Å². The van der Waals surface area contributed by atoms with Gasteiger partial charge in [0.1, 0.15) is 17.7 Å². The molecule has 2 aromatic rings. The van der Waals surface area contributed by atoms with E-state index in [1.54, 1.807) is 19.2 Å². The number of phenols is 1. The number of anilines is 1. The number of nitrogens with zero attached hydrogens (tertiary/aromatic N) is 3. The van der Waals surface area contributed by atoms with Crippen LogP contribution in [-0.2, 0) is 13.0 Å². The second kappa shape index (κ2) is 5.09. The molecule has 0 fully saturated rings. The van der Waals surface area contributed by atoms with Crippen molar-refractivity contribution in [3.8, 4) is 5.75 Å². The van der Waals surface area contributed by atoms with E-state index < -0.39 is 6.10 Å². The van der Waals surface area contributed by atoms with E-state index in [-0.39, 0.29) is 0 Å². The van der Waals surface area contributed by atoms with Gasteiger partial charge in [-0.2, -0.15) is 0 Å². The second-order valence-corrected chi connectivity index (χ2v) is 5.07. The van der Waals surface area contributed by atoms with Crippen LogP contribution in [0.2, 0.25) is 0 Å². The molecule has 5 nitrogen and oxygen atoms in total. The maximum atomic E-state index is 9.56. The lowest BCUT2D eigenvalue weighted by Crippen LogP contribution is -2.31. The first-order valence-electron chi connectivity index (χ1n) is 6.70. The monoisotopic (exact) mass is 271 g/mol. The molecule has 0 spiro atoms. The summed E-state index contributed by atoms with van der Waals surface area (Å²) in [6.07, 6.45) is 1.89. The number of aliphatic hydroxyl groups is 1. The lowest BCUT2D eigenvalue weighted by Gasteiger charge is -2.30. The SMILES string of the molecule is CC(O)c1nccc(N2CCc3cc(O)ccc3C2)n1. The van der Waals surface area contributed by atoms with E-state index >= 15 is 0 Å². The van der Waals surface area contributed by atoms with Gasteiger partial charge < -0.3 is 15.1 Å². The normalized spacial score (nSPS) is 15.8. The average molecular weight is 271 g/mol. The van der Waals surface area contributed by atoms with Gasteiger partial charge in [0.05, 0.1) is 0 Å². The van der Waals surface area contributed by atoms with Crippen molar-refractivity contribution >= 4 is 5.82 Å². The average Bonchev–Trinajstić information content (AvgIpc) is 2.47. The fourth-order valence-electron chi connectivity index (χ4n) is 2.48. The molecule has 0 saturated heterocycles. The van der Waals surface area contributed by atoms with E-state index in [2.05, 4.69) is 14.9 Å². The van der Waals surface area contributed by atoms with Gasteiger partial charge in [-0.25, -0.2) is 9.97 Å². The number of hydrogen-bond acceptors (Lipinski definition) is 5. The van der Waals surface area contributed by atoms with E-state index in [1.165, 1.54) is 11.1 Å².